The molecule has 142 valence electrons. The van der Waals surface area contributed by atoms with Crippen molar-refractivity contribution < 1.29 is 13.9 Å². The average Bonchev–Trinajstić information content (AvgIpc) is 3.17. The van der Waals surface area contributed by atoms with Crippen LogP contribution in [0, 0.1) is 11.3 Å². The van der Waals surface area contributed by atoms with Gasteiger partial charge in [0, 0.05) is 11.3 Å². The lowest BCUT2D eigenvalue weighted by atomic mass is 10.2. The second kappa shape index (κ2) is 9.06. The number of aromatic nitrogens is 2. The van der Waals surface area contributed by atoms with Crippen LogP contribution in [0.15, 0.2) is 58.2 Å². The van der Waals surface area contributed by atoms with Crippen molar-refractivity contribution in [3.63, 3.8) is 0 Å². The van der Waals surface area contributed by atoms with E-state index in [0.29, 0.717) is 29.0 Å². The van der Waals surface area contributed by atoms with E-state index in [9.17, 15) is 4.79 Å². The van der Waals surface area contributed by atoms with Crippen molar-refractivity contribution in [2.75, 3.05) is 11.9 Å². The zero-order valence-electron chi connectivity index (χ0n) is 15.4. The van der Waals surface area contributed by atoms with E-state index in [1.807, 2.05) is 37.3 Å². The van der Waals surface area contributed by atoms with Crippen LogP contribution >= 0.6 is 11.8 Å². The summed E-state index contributed by atoms with van der Waals surface area (Å²) in [5, 5.41) is 19.6. The van der Waals surface area contributed by atoms with Gasteiger partial charge in [-0.15, -0.1) is 10.2 Å². The van der Waals surface area contributed by atoms with Gasteiger partial charge in [0.1, 0.15) is 5.75 Å². The number of benzene rings is 2. The minimum absolute atomic E-state index is 0.221. The maximum atomic E-state index is 12.4. The first-order valence-electron chi connectivity index (χ1n) is 8.63. The molecule has 0 aliphatic rings. The molecule has 0 radical (unpaired) electrons. The molecule has 1 atom stereocenters. The van der Waals surface area contributed by atoms with Crippen LogP contribution in [-0.2, 0) is 4.79 Å². The van der Waals surface area contributed by atoms with Crippen molar-refractivity contribution in [1.82, 2.24) is 10.2 Å². The first-order chi connectivity index (χ1) is 13.6. The van der Waals surface area contributed by atoms with Gasteiger partial charge >= 0.3 is 0 Å². The van der Waals surface area contributed by atoms with E-state index < -0.39 is 5.25 Å². The third-order valence-corrected chi connectivity index (χ3v) is 4.66. The van der Waals surface area contributed by atoms with E-state index in [1.165, 1.54) is 11.8 Å². The molecular weight excluding hydrogens is 376 g/mol. The molecule has 1 amide bonds. The number of carbonyl (C=O) groups is 1. The number of nitrogens with zero attached hydrogens (tertiary/aromatic N) is 3. The Morgan fingerprint density at radius 1 is 1.29 bits per heavy atom. The Kier molecular flexibility index (Phi) is 6.29. The minimum atomic E-state index is -0.459. The third kappa shape index (κ3) is 4.90. The SMILES string of the molecule is CCOc1ccc(-c2nnc(S[C@H](C)C(=O)Nc3cccc(C#N)c3)o2)cc1. The molecule has 0 saturated carbocycles. The summed E-state index contributed by atoms with van der Waals surface area (Å²) in [6, 6.07) is 16.1. The lowest BCUT2D eigenvalue weighted by Gasteiger charge is -2.09. The predicted octanol–water partition coefficient (Wildman–Crippen LogP) is 4.13. The van der Waals surface area contributed by atoms with Gasteiger partial charge in [-0.2, -0.15) is 5.26 Å². The molecule has 0 aliphatic carbocycles. The molecule has 1 aromatic heterocycles. The monoisotopic (exact) mass is 394 g/mol. The molecule has 0 aliphatic heterocycles. The smallest absolute Gasteiger partial charge is 0.277 e. The van der Waals surface area contributed by atoms with Gasteiger partial charge in [0.15, 0.2) is 0 Å². The lowest BCUT2D eigenvalue weighted by molar-refractivity contribution is -0.115. The lowest BCUT2D eigenvalue weighted by Crippen LogP contribution is -2.22. The molecular formula is C20H18N4O3S. The molecule has 7 nitrogen and oxygen atoms in total. The van der Waals surface area contributed by atoms with Gasteiger partial charge in [-0.05, 0) is 56.3 Å². The summed E-state index contributed by atoms with van der Waals surface area (Å²) in [4.78, 5) is 12.4. The van der Waals surface area contributed by atoms with Crippen molar-refractivity contribution in [2.45, 2.75) is 24.3 Å². The molecule has 0 spiro atoms. The van der Waals surface area contributed by atoms with Crippen LogP contribution in [0.2, 0.25) is 0 Å². The van der Waals surface area contributed by atoms with Crippen molar-refractivity contribution in [3.8, 4) is 23.3 Å². The predicted molar refractivity (Wildman–Crippen MR) is 106 cm³/mol. The molecule has 8 heteroatoms. The minimum Gasteiger partial charge on any atom is -0.494 e. The third-order valence-electron chi connectivity index (χ3n) is 3.72. The highest BCUT2D eigenvalue weighted by molar-refractivity contribution is 8.00. The zero-order chi connectivity index (χ0) is 19.9. The van der Waals surface area contributed by atoms with Gasteiger partial charge in [0.25, 0.3) is 5.22 Å². The Hall–Kier alpha value is -3.31. The maximum Gasteiger partial charge on any atom is 0.277 e. The summed E-state index contributed by atoms with van der Waals surface area (Å²) in [5.41, 5.74) is 1.82. The fraction of sp³-hybridized carbons (Fsp3) is 0.200. The van der Waals surface area contributed by atoms with Gasteiger partial charge in [-0.1, -0.05) is 17.8 Å². The number of amides is 1. The van der Waals surface area contributed by atoms with Crippen molar-refractivity contribution in [1.29, 1.82) is 5.26 Å². The Balaban J connectivity index is 1.62. The fourth-order valence-electron chi connectivity index (χ4n) is 2.35. The largest absolute Gasteiger partial charge is 0.494 e. The van der Waals surface area contributed by atoms with E-state index in [1.54, 1.807) is 31.2 Å². The molecule has 0 saturated heterocycles. The van der Waals surface area contributed by atoms with Gasteiger partial charge in [-0.3, -0.25) is 4.79 Å². The quantitative estimate of drug-likeness (QED) is 0.601. The normalized spacial score (nSPS) is 11.5. The summed E-state index contributed by atoms with van der Waals surface area (Å²) in [7, 11) is 0. The van der Waals surface area contributed by atoms with E-state index in [4.69, 9.17) is 14.4 Å². The number of thioether (sulfide) groups is 1. The van der Waals surface area contributed by atoms with Crippen LogP contribution in [0.1, 0.15) is 19.4 Å². The van der Waals surface area contributed by atoms with Gasteiger partial charge in [0.2, 0.25) is 11.8 Å². The maximum absolute atomic E-state index is 12.4. The van der Waals surface area contributed by atoms with Crippen LogP contribution in [0.5, 0.6) is 5.75 Å². The molecule has 0 bridgehead atoms. The highest BCUT2D eigenvalue weighted by Gasteiger charge is 2.19. The topological polar surface area (TPSA) is 101 Å². The van der Waals surface area contributed by atoms with Crippen LogP contribution in [0.25, 0.3) is 11.5 Å². The van der Waals surface area contributed by atoms with Crippen LogP contribution in [0.4, 0.5) is 5.69 Å². The molecule has 3 aromatic rings. The van der Waals surface area contributed by atoms with Gasteiger partial charge in [0.05, 0.1) is 23.5 Å². The molecule has 1 heterocycles. The first kappa shape index (κ1) is 19.5. The number of rotatable bonds is 7. The van der Waals surface area contributed by atoms with Gasteiger partial charge < -0.3 is 14.5 Å². The summed E-state index contributed by atoms with van der Waals surface area (Å²) < 4.78 is 11.1. The number of ether oxygens (including phenoxy) is 1. The molecule has 0 unspecified atom stereocenters. The second-order valence-corrected chi connectivity index (χ2v) is 7.06. The van der Waals surface area contributed by atoms with E-state index in [-0.39, 0.29) is 5.91 Å². The summed E-state index contributed by atoms with van der Waals surface area (Å²) >= 11 is 1.17. The highest BCUT2D eigenvalue weighted by atomic mass is 32.2. The molecule has 28 heavy (non-hydrogen) atoms. The second-order valence-electron chi connectivity index (χ2n) is 5.77. The van der Waals surface area contributed by atoms with Crippen molar-refractivity contribution in [3.05, 3.63) is 54.1 Å². The first-order valence-corrected chi connectivity index (χ1v) is 9.51. The van der Waals surface area contributed by atoms with Crippen molar-refractivity contribution >= 4 is 23.4 Å². The average molecular weight is 394 g/mol. The molecule has 2 aromatic carbocycles. The van der Waals surface area contributed by atoms with E-state index in [2.05, 4.69) is 15.5 Å². The zero-order valence-corrected chi connectivity index (χ0v) is 16.2. The highest BCUT2D eigenvalue weighted by Crippen LogP contribution is 2.27. The number of carbonyl (C=O) groups excluding carboxylic acids is 1. The van der Waals surface area contributed by atoms with E-state index >= 15 is 0 Å². The Morgan fingerprint density at radius 2 is 2.07 bits per heavy atom. The molecule has 3 rings (SSSR count). The van der Waals surface area contributed by atoms with Crippen LogP contribution in [0.3, 0.4) is 0 Å². The van der Waals surface area contributed by atoms with Crippen LogP contribution < -0.4 is 10.1 Å². The Labute approximate surface area is 166 Å². The summed E-state index contributed by atoms with van der Waals surface area (Å²) in [6.07, 6.45) is 0. The van der Waals surface area contributed by atoms with Crippen LogP contribution in [-0.4, -0.2) is 28.0 Å². The van der Waals surface area contributed by atoms with Gasteiger partial charge in [-0.25, -0.2) is 0 Å². The Morgan fingerprint density at radius 3 is 2.79 bits per heavy atom. The summed E-state index contributed by atoms with van der Waals surface area (Å²) in [6.45, 7) is 4.27. The van der Waals surface area contributed by atoms with E-state index in [0.717, 1.165) is 11.3 Å². The number of anilines is 1. The number of nitriles is 1. The summed E-state index contributed by atoms with van der Waals surface area (Å²) in [5.74, 6) is 0.923. The number of hydrogen-bond acceptors (Lipinski definition) is 7. The Bertz CT molecular complexity index is 995. The number of nitrogens with one attached hydrogen (secondary N) is 1. The fourth-order valence-corrected chi connectivity index (χ4v) is 3.03. The molecule has 0 fully saturated rings. The standard InChI is InChI=1S/C20H18N4O3S/c1-3-26-17-9-7-15(8-10-17)19-23-24-20(27-19)28-13(2)18(25)22-16-6-4-5-14(11-16)12-21/h4-11,13H,3H2,1-2H3,(H,22,25)/t13-/m1/s1. The molecule has 1 N–H and O–H groups in total. The number of hydrogen-bond donors (Lipinski definition) is 1. The van der Waals surface area contributed by atoms with Crippen molar-refractivity contribution in [2.24, 2.45) is 0 Å².